The van der Waals surface area contributed by atoms with E-state index in [1.807, 2.05) is 11.9 Å². The van der Waals surface area contributed by atoms with Gasteiger partial charge in [-0.2, -0.15) is 0 Å². The highest BCUT2D eigenvalue weighted by molar-refractivity contribution is 5.76. The van der Waals surface area contributed by atoms with Crippen molar-refractivity contribution in [1.29, 1.82) is 0 Å². The maximum absolute atomic E-state index is 11.6. The van der Waals surface area contributed by atoms with Crippen LogP contribution in [-0.4, -0.2) is 48.7 Å². The molecule has 1 heterocycles. The number of rotatable bonds is 4. The maximum atomic E-state index is 11.6. The lowest BCUT2D eigenvalue weighted by atomic mass is 10.0. The monoisotopic (exact) mass is 200 g/mol. The zero-order valence-corrected chi connectivity index (χ0v) is 8.83. The number of aliphatic hydroxyl groups excluding tert-OH is 1. The molecule has 1 aliphatic rings. The van der Waals surface area contributed by atoms with Gasteiger partial charge in [0.2, 0.25) is 5.91 Å². The summed E-state index contributed by atoms with van der Waals surface area (Å²) in [4.78, 5) is 13.4. The first-order valence-corrected chi connectivity index (χ1v) is 5.33. The zero-order valence-electron chi connectivity index (χ0n) is 8.83. The average Bonchev–Trinajstić information content (AvgIpc) is 2.26. The van der Waals surface area contributed by atoms with Crippen LogP contribution in [0.2, 0.25) is 0 Å². The summed E-state index contributed by atoms with van der Waals surface area (Å²) in [7, 11) is 1.87. The molecule has 1 rings (SSSR count). The Balaban J connectivity index is 2.30. The van der Waals surface area contributed by atoms with E-state index in [4.69, 9.17) is 5.11 Å². The minimum absolute atomic E-state index is 0.103. The summed E-state index contributed by atoms with van der Waals surface area (Å²) < 4.78 is 0. The number of carbonyl (C=O) groups is 1. The van der Waals surface area contributed by atoms with E-state index in [1.165, 1.54) is 0 Å². The molecule has 1 amide bonds. The highest BCUT2D eigenvalue weighted by atomic mass is 16.3. The van der Waals surface area contributed by atoms with Gasteiger partial charge < -0.3 is 15.3 Å². The van der Waals surface area contributed by atoms with Crippen LogP contribution in [0, 0.1) is 0 Å². The van der Waals surface area contributed by atoms with E-state index in [0.29, 0.717) is 18.9 Å². The number of piperidine rings is 1. The lowest BCUT2D eigenvalue weighted by Gasteiger charge is -2.31. The summed E-state index contributed by atoms with van der Waals surface area (Å²) in [5.41, 5.74) is 0. The molecule has 4 heteroatoms. The van der Waals surface area contributed by atoms with E-state index in [-0.39, 0.29) is 12.5 Å². The van der Waals surface area contributed by atoms with Gasteiger partial charge >= 0.3 is 0 Å². The number of hydrogen-bond donors (Lipinski definition) is 2. The molecule has 0 aromatic rings. The molecule has 1 saturated heterocycles. The Kier molecular flexibility index (Phi) is 4.90. The van der Waals surface area contributed by atoms with Gasteiger partial charge in [0.15, 0.2) is 0 Å². The number of nitrogens with one attached hydrogen (secondary N) is 1. The Morgan fingerprint density at radius 1 is 1.50 bits per heavy atom. The molecular formula is C10H20N2O2. The molecule has 1 fully saturated rings. The first-order valence-electron chi connectivity index (χ1n) is 5.33. The predicted octanol–water partition coefficient (Wildman–Crippen LogP) is -0.0307. The normalized spacial score (nSPS) is 18.1. The molecule has 0 spiro atoms. The molecule has 0 aromatic carbocycles. The summed E-state index contributed by atoms with van der Waals surface area (Å²) in [6.45, 7) is 2.11. The fourth-order valence-corrected chi connectivity index (χ4v) is 1.80. The molecule has 0 aromatic heterocycles. The van der Waals surface area contributed by atoms with Crippen molar-refractivity contribution >= 4 is 5.91 Å². The van der Waals surface area contributed by atoms with Crippen LogP contribution < -0.4 is 5.32 Å². The van der Waals surface area contributed by atoms with Crippen molar-refractivity contribution in [3.63, 3.8) is 0 Å². The third-order valence-electron chi connectivity index (χ3n) is 2.80. The Morgan fingerprint density at radius 2 is 2.14 bits per heavy atom. The van der Waals surface area contributed by atoms with Crippen LogP contribution in [0.4, 0.5) is 0 Å². The molecule has 1 aliphatic heterocycles. The van der Waals surface area contributed by atoms with Crippen molar-refractivity contribution in [2.75, 3.05) is 26.7 Å². The van der Waals surface area contributed by atoms with Gasteiger partial charge in [-0.05, 0) is 32.4 Å². The molecule has 0 bridgehead atoms. The average molecular weight is 200 g/mol. The first-order chi connectivity index (χ1) is 6.75. The Hall–Kier alpha value is -0.610. The molecule has 4 nitrogen and oxygen atoms in total. The highest BCUT2D eigenvalue weighted by Crippen LogP contribution is 2.11. The number of nitrogens with zero attached hydrogens (tertiary/aromatic N) is 1. The molecule has 14 heavy (non-hydrogen) atoms. The van der Waals surface area contributed by atoms with Gasteiger partial charge in [-0.15, -0.1) is 0 Å². The van der Waals surface area contributed by atoms with Gasteiger partial charge in [-0.25, -0.2) is 0 Å². The van der Waals surface area contributed by atoms with Crippen LogP contribution in [0.15, 0.2) is 0 Å². The third-order valence-corrected chi connectivity index (χ3v) is 2.80. The molecular weight excluding hydrogens is 180 g/mol. The van der Waals surface area contributed by atoms with Crippen LogP contribution >= 0.6 is 0 Å². The van der Waals surface area contributed by atoms with Crippen molar-refractivity contribution in [3.8, 4) is 0 Å². The van der Waals surface area contributed by atoms with Gasteiger partial charge in [0.1, 0.15) is 0 Å². The van der Waals surface area contributed by atoms with Crippen molar-refractivity contribution in [3.05, 3.63) is 0 Å². The van der Waals surface area contributed by atoms with Crippen molar-refractivity contribution in [2.45, 2.75) is 31.7 Å². The lowest BCUT2D eigenvalue weighted by molar-refractivity contribution is -0.132. The number of amides is 1. The minimum atomic E-state index is 0.103. The number of hydrogen-bond acceptors (Lipinski definition) is 3. The van der Waals surface area contributed by atoms with Gasteiger partial charge in [-0.3, -0.25) is 4.79 Å². The van der Waals surface area contributed by atoms with E-state index < -0.39 is 0 Å². The van der Waals surface area contributed by atoms with Gasteiger partial charge in [0.05, 0.1) is 0 Å². The van der Waals surface area contributed by atoms with Crippen LogP contribution in [-0.2, 0) is 4.79 Å². The highest BCUT2D eigenvalue weighted by Gasteiger charge is 2.20. The quantitative estimate of drug-likeness (QED) is 0.670. The van der Waals surface area contributed by atoms with E-state index in [1.54, 1.807) is 0 Å². The fraction of sp³-hybridized carbons (Fsp3) is 0.900. The van der Waals surface area contributed by atoms with Crippen LogP contribution in [0.5, 0.6) is 0 Å². The van der Waals surface area contributed by atoms with E-state index in [2.05, 4.69) is 5.32 Å². The second-order valence-electron chi connectivity index (χ2n) is 3.81. The first kappa shape index (κ1) is 11.5. The summed E-state index contributed by atoms with van der Waals surface area (Å²) in [5.74, 6) is 0.158. The summed E-state index contributed by atoms with van der Waals surface area (Å²) in [5, 5.41) is 11.9. The number of aliphatic hydroxyl groups is 1. The van der Waals surface area contributed by atoms with E-state index >= 15 is 0 Å². The van der Waals surface area contributed by atoms with Crippen molar-refractivity contribution in [1.82, 2.24) is 10.2 Å². The second kappa shape index (κ2) is 5.98. The summed E-state index contributed by atoms with van der Waals surface area (Å²) in [6.07, 6.45) is 3.13. The standard InChI is InChI=1S/C10H20N2O2/c1-12(10(14)3-2-8-13)9-4-6-11-7-5-9/h9,11,13H,2-8H2,1H3. The zero-order chi connectivity index (χ0) is 10.4. The molecule has 0 atom stereocenters. The van der Waals surface area contributed by atoms with Gasteiger partial charge in [0.25, 0.3) is 0 Å². The van der Waals surface area contributed by atoms with Crippen molar-refractivity contribution < 1.29 is 9.90 Å². The second-order valence-corrected chi connectivity index (χ2v) is 3.81. The topological polar surface area (TPSA) is 52.6 Å². The molecule has 0 aliphatic carbocycles. The summed E-state index contributed by atoms with van der Waals surface area (Å²) >= 11 is 0. The minimum Gasteiger partial charge on any atom is -0.396 e. The van der Waals surface area contributed by atoms with Crippen LogP contribution in [0.3, 0.4) is 0 Å². The largest absolute Gasteiger partial charge is 0.396 e. The molecule has 0 saturated carbocycles. The van der Waals surface area contributed by atoms with Gasteiger partial charge in [0, 0.05) is 26.1 Å². The Labute approximate surface area is 85.3 Å². The maximum Gasteiger partial charge on any atom is 0.222 e. The van der Waals surface area contributed by atoms with E-state index in [0.717, 1.165) is 25.9 Å². The van der Waals surface area contributed by atoms with E-state index in [9.17, 15) is 4.79 Å². The SMILES string of the molecule is CN(C(=O)CCCO)C1CCNCC1. The molecule has 2 N–H and O–H groups in total. The Morgan fingerprint density at radius 3 is 2.71 bits per heavy atom. The summed E-state index contributed by atoms with van der Waals surface area (Å²) in [6, 6.07) is 0.391. The van der Waals surface area contributed by atoms with Crippen molar-refractivity contribution in [2.24, 2.45) is 0 Å². The number of carbonyl (C=O) groups excluding carboxylic acids is 1. The lowest BCUT2D eigenvalue weighted by Crippen LogP contribution is -2.43. The van der Waals surface area contributed by atoms with Crippen LogP contribution in [0.25, 0.3) is 0 Å². The predicted molar refractivity (Wildman–Crippen MR) is 55.0 cm³/mol. The smallest absolute Gasteiger partial charge is 0.222 e. The Bertz CT molecular complexity index is 179. The van der Waals surface area contributed by atoms with Gasteiger partial charge in [-0.1, -0.05) is 0 Å². The third kappa shape index (κ3) is 3.27. The molecule has 0 unspecified atom stereocenters. The molecule has 82 valence electrons. The fourth-order valence-electron chi connectivity index (χ4n) is 1.80. The van der Waals surface area contributed by atoms with Crippen LogP contribution in [0.1, 0.15) is 25.7 Å². The molecule has 0 radical (unpaired) electrons.